The molecule has 1 aromatic heterocycles. The maximum Gasteiger partial charge on any atom is 0.142 e. The van der Waals surface area contributed by atoms with Crippen LogP contribution in [0.15, 0.2) is 16.7 Å². The molecule has 1 rings (SSSR count). The summed E-state index contributed by atoms with van der Waals surface area (Å²) in [6, 6.07) is 2.20. The molecule has 0 aliphatic carbocycles. The van der Waals surface area contributed by atoms with Crippen LogP contribution in [0, 0.1) is 6.92 Å². The highest BCUT2D eigenvalue weighted by atomic mass is 79.9. The van der Waals surface area contributed by atoms with E-state index in [0.717, 1.165) is 22.4 Å². The largest absolute Gasteiger partial charge is 0.357 e. The van der Waals surface area contributed by atoms with Crippen molar-refractivity contribution in [3.63, 3.8) is 0 Å². The van der Waals surface area contributed by atoms with Gasteiger partial charge in [0.25, 0.3) is 0 Å². The van der Waals surface area contributed by atoms with Crippen LogP contribution < -0.4 is 10.6 Å². The van der Waals surface area contributed by atoms with Gasteiger partial charge in [0.1, 0.15) is 5.82 Å². The molecule has 4 heteroatoms. The van der Waals surface area contributed by atoms with Crippen molar-refractivity contribution in [3.05, 3.63) is 22.3 Å². The van der Waals surface area contributed by atoms with Gasteiger partial charge in [-0.3, -0.25) is 0 Å². The quantitative estimate of drug-likeness (QED) is 0.900. The summed E-state index contributed by atoms with van der Waals surface area (Å²) in [5, 5.41) is 0. The highest BCUT2D eigenvalue weighted by molar-refractivity contribution is 9.10. The maximum absolute atomic E-state index is 5.73. The third-order valence-electron chi connectivity index (χ3n) is 1.88. The van der Waals surface area contributed by atoms with Crippen molar-refractivity contribution in [1.29, 1.82) is 0 Å². The molecule has 3 nitrogen and oxygen atoms in total. The third kappa shape index (κ3) is 2.96. The van der Waals surface area contributed by atoms with Gasteiger partial charge in [-0.15, -0.1) is 0 Å². The summed E-state index contributed by atoms with van der Waals surface area (Å²) in [5.74, 6) is 0.938. The summed E-state index contributed by atoms with van der Waals surface area (Å²) in [6.45, 7) is 4.81. The number of aromatic nitrogens is 1. The van der Waals surface area contributed by atoms with E-state index in [-0.39, 0.29) is 6.04 Å². The fourth-order valence-corrected chi connectivity index (χ4v) is 2.09. The molecule has 0 radical (unpaired) electrons. The van der Waals surface area contributed by atoms with Gasteiger partial charge in [-0.2, -0.15) is 0 Å². The predicted octanol–water partition coefficient (Wildman–Crippen LogP) is 1.94. The lowest BCUT2D eigenvalue weighted by Crippen LogP contribution is -2.33. The van der Waals surface area contributed by atoms with Gasteiger partial charge in [-0.1, -0.05) is 0 Å². The summed E-state index contributed by atoms with van der Waals surface area (Å²) in [6.07, 6.45) is 1.86. The van der Waals surface area contributed by atoms with Gasteiger partial charge in [-0.05, 0) is 41.4 Å². The van der Waals surface area contributed by atoms with Gasteiger partial charge < -0.3 is 10.6 Å². The standard InChI is InChI=1S/C10H16BrN3/c1-7-4-9(11)10(13-5-7)14(3)6-8(2)12/h4-5,8H,6,12H2,1-3H3. The molecule has 0 aliphatic rings. The van der Waals surface area contributed by atoms with Crippen LogP contribution in [0.1, 0.15) is 12.5 Å². The summed E-state index contributed by atoms with van der Waals surface area (Å²) >= 11 is 3.49. The Morgan fingerprint density at radius 1 is 1.64 bits per heavy atom. The minimum absolute atomic E-state index is 0.148. The number of hydrogen-bond acceptors (Lipinski definition) is 3. The van der Waals surface area contributed by atoms with Crippen LogP contribution >= 0.6 is 15.9 Å². The molecule has 1 atom stereocenters. The van der Waals surface area contributed by atoms with Gasteiger partial charge in [0, 0.05) is 25.8 Å². The van der Waals surface area contributed by atoms with Crippen molar-refractivity contribution in [2.45, 2.75) is 19.9 Å². The summed E-state index contributed by atoms with van der Waals surface area (Å²) in [5.41, 5.74) is 6.87. The van der Waals surface area contributed by atoms with Crippen molar-refractivity contribution in [1.82, 2.24) is 4.98 Å². The van der Waals surface area contributed by atoms with Crippen LogP contribution in [0.4, 0.5) is 5.82 Å². The Balaban J connectivity index is 2.84. The molecule has 78 valence electrons. The number of anilines is 1. The maximum atomic E-state index is 5.73. The molecular weight excluding hydrogens is 242 g/mol. The first-order chi connectivity index (χ1) is 6.50. The second kappa shape index (κ2) is 4.75. The lowest BCUT2D eigenvalue weighted by atomic mass is 10.3. The first kappa shape index (κ1) is 11.5. The van der Waals surface area contributed by atoms with Crippen molar-refractivity contribution in [2.24, 2.45) is 5.73 Å². The molecule has 2 N–H and O–H groups in total. The highest BCUT2D eigenvalue weighted by Gasteiger charge is 2.08. The van der Waals surface area contributed by atoms with E-state index < -0.39 is 0 Å². The molecule has 0 amide bonds. The Morgan fingerprint density at radius 2 is 2.29 bits per heavy atom. The third-order valence-corrected chi connectivity index (χ3v) is 2.47. The Kier molecular flexibility index (Phi) is 3.89. The molecule has 14 heavy (non-hydrogen) atoms. The summed E-state index contributed by atoms with van der Waals surface area (Å²) < 4.78 is 1.01. The lowest BCUT2D eigenvalue weighted by Gasteiger charge is -2.21. The zero-order valence-corrected chi connectivity index (χ0v) is 10.4. The van der Waals surface area contributed by atoms with Crippen molar-refractivity contribution < 1.29 is 0 Å². The second-order valence-corrected chi connectivity index (χ2v) is 4.53. The van der Waals surface area contributed by atoms with Crippen LogP contribution in [-0.2, 0) is 0 Å². The summed E-state index contributed by atoms with van der Waals surface area (Å²) in [4.78, 5) is 6.40. The van der Waals surface area contributed by atoms with E-state index in [4.69, 9.17) is 5.73 Å². The van der Waals surface area contributed by atoms with Gasteiger partial charge in [0.05, 0.1) is 4.47 Å². The SMILES string of the molecule is Cc1cnc(N(C)CC(C)N)c(Br)c1. The van der Waals surface area contributed by atoms with Crippen LogP contribution in [0.25, 0.3) is 0 Å². The summed E-state index contributed by atoms with van der Waals surface area (Å²) in [7, 11) is 1.99. The molecule has 1 unspecified atom stereocenters. The molecule has 0 saturated heterocycles. The fourth-order valence-electron chi connectivity index (χ4n) is 1.33. The van der Waals surface area contributed by atoms with Gasteiger partial charge in [0.15, 0.2) is 0 Å². The Morgan fingerprint density at radius 3 is 2.79 bits per heavy atom. The van der Waals surface area contributed by atoms with Crippen molar-refractivity contribution in [2.75, 3.05) is 18.5 Å². The van der Waals surface area contributed by atoms with Crippen LogP contribution in [0.5, 0.6) is 0 Å². The highest BCUT2D eigenvalue weighted by Crippen LogP contribution is 2.23. The van der Waals surface area contributed by atoms with Crippen molar-refractivity contribution >= 4 is 21.7 Å². The molecular formula is C10H16BrN3. The number of nitrogens with two attached hydrogens (primary N) is 1. The smallest absolute Gasteiger partial charge is 0.142 e. The van der Waals surface area contributed by atoms with Gasteiger partial charge >= 0.3 is 0 Å². The number of hydrogen-bond donors (Lipinski definition) is 1. The van der Waals surface area contributed by atoms with E-state index >= 15 is 0 Å². The zero-order chi connectivity index (χ0) is 10.7. The van der Waals surface area contributed by atoms with E-state index in [9.17, 15) is 0 Å². The van der Waals surface area contributed by atoms with E-state index in [1.807, 2.05) is 32.0 Å². The number of halogens is 1. The number of rotatable bonds is 3. The van der Waals surface area contributed by atoms with E-state index in [1.165, 1.54) is 0 Å². The fraction of sp³-hybridized carbons (Fsp3) is 0.500. The van der Waals surface area contributed by atoms with Crippen LogP contribution in [0.3, 0.4) is 0 Å². The zero-order valence-electron chi connectivity index (χ0n) is 8.79. The average Bonchev–Trinajstić information content (AvgIpc) is 2.01. The van der Waals surface area contributed by atoms with Gasteiger partial charge in [0.2, 0.25) is 0 Å². The first-order valence-electron chi connectivity index (χ1n) is 4.59. The first-order valence-corrected chi connectivity index (χ1v) is 5.39. The molecule has 0 saturated carbocycles. The Labute approximate surface area is 93.4 Å². The number of pyridine rings is 1. The Hall–Kier alpha value is -0.610. The van der Waals surface area contributed by atoms with E-state index in [0.29, 0.717) is 0 Å². The molecule has 0 bridgehead atoms. The van der Waals surface area contributed by atoms with Crippen LogP contribution in [-0.4, -0.2) is 24.6 Å². The second-order valence-electron chi connectivity index (χ2n) is 3.68. The minimum atomic E-state index is 0.148. The number of nitrogens with zero attached hydrogens (tertiary/aromatic N) is 2. The minimum Gasteiger partial charge on any atom is -0.357 e. The van der Waals surface area contributed by atoms with Crippen LogP contribution in [0.2, 0.25) is 0 Å². The van der Waals surface area contributed by atoms with Crippen molar-refractivity contribution in [3.8, 4) is 0 Å². The monoisotopic (exact) mass is 257 g/mol. The number of aryl methyl sites for hydroxylation is 1. The average molecular weight is 258 g/mol. The number of likely N-dealkylation sites (N-methyl/N-ethyl adjacent to an activating group) is 1. The topological polar surface area (TPSA) is 42.2 Å². The lowest BCUT2D eigenvalue weighted by molar-refractivity contribution is 0.711. The Bertz CT molecular complexity index is 312. The van der Waals surface area contributed by atoms with E-state index in [2.05, 4.69) is 27.0 Å². The van der Waals surface area contributed by atoms with E-state index in [1.54, 1.807) is 0 Å². The predicted molar refractivity (Wildman–Crippen MR) is 63.6 cm³/mol. The molecule has 0 fully saturated rings. The molecule has 1 aromatic rings. The molecule has 0 aliphatic heterocycles. The molecule has 0 spiro atoms. The molecule has 0 aromatic carbocycles. The normalized spacial score (nSPS) is 12.6. The van der Waals surface area contributed by atoms with Gasteiger partial charge in [-0.25, -0.2) is 4.98 Å². The molecule has 1 heterocycles.